The molecule has 2 N–H and O–H groups in total. The zero-order valence-corrected chi connectivity index (χ0v) is 27.9. The second kappa shape index (κ2) is 14.6. The molecule has 0 aromatic heterocycles. The number of anilines is 1. The van der Waals surface area contributed by atoms with Gasteiger partial charge in [-0.05, 0) is 82.5 Å². The average Bonchev–Trinajstić information content (AvgIpc) is 3.36. The van der Waals surface area contributed by atoms with Crippen molar-refractivity contribution < 1.29 is 32.6 Å². The first-order valence-electron chi connectivity index (χ1n) is 15.8. The number of carbonyl (C=O) groups is 3. The lowest BCUT2D eigenvalue weighted by Crippen LogP contribution is -2.45. The Labute approximate surface area is 283 Å². The molecule has 1 unspecified atom stereocenters. The van der Waals surface area contributed by atoms with Crippen LogP contribution in [0.2, 0.25) is 0 Å². The number of thioether (sulfide) groups is 1. The number of piperidine rings is 1. The van der Waals surface area contributed by atoms with Crippen LogP contribution in [-0.2, 0) is 27.5 Å². The topological polar surface area (TPSA) is 126 Å². The van der Waals surface area contributed by atoms with E-state index >= 15 is 4.39 Å². The van der Waals surface area contributed by atoms with E-state index in [0.717, 1.165) is 17.7 Å². The smallest absolute Gasteiger partial charge is 0.306 e. The van der Waals surface area contributed by atoms with Crippen molar-refractivity contribution in [1.29, 1.82) is 5.26 Å². The minimum Gasteiger partial charge on any atom is -0.488 e. The van der Waals surface area contributed by atoms with Crippen molar-refractivity contribution in [3.05, 3.63) is 88.5 Å². The summed E-state index contributed by atoms with van der Waals surface area (Å²) >= 11 is 1.59. The first-order valence-corrected chi connectivity index (χ1v) is 16.7. The number of hydrogen-bond donors (Lipinski definition) is 1. The van der Waals surface area contributed by atoms with E-state index in [9.17, 15) is 18.8 Å². The number of nitrogens with zero attached hydrogens (tertiary/aromatic N) is 3. The van der Waals surface area contributed by atoms with E-state index < -0.39 is 41.1 Å². The SMILES string of the molecule is CC(C)(C)OC(=O)CCC(C(N)=O)N1Cc2c(OCc3ccc(SC4CCN(c5ccc(C#N)cc5F)CC4)cc3F)cccc2C1=O. The fraction of sp³-hybridized carbons (Fsp3) is 0.389. The largest absolute Gasteiger partial charge is 0.488 e. The summed E-state index contributed by atoms with van der Waals surface area (Å²) in [5.74, 6) is -2.05. The van der Waals surface area contributed by atoms with Crippen LogP contribution in [0.5, 0.6) is 5.75 Å². The van der Waals surface area contributed by atoms with Gasteiger partial charge in [-0.3, -0.25) is 14.4 Å². The summed E-state index contributed by atoms with van der Waals surface area (Å²) in [7, 11) is 0. The molecule has 12 heteroatoms. The zero-order chi connectivity index (χ0) is 34.6. The third-order valence-electron chi connectivity index (χ3n) is 8.27. The Balaban J connectivity index is 1.17. The van der Waals surface area contributed by atoms with Crippen LogP contribution >= 0.6 is 11.8 Å². The number of fused-ring (bicyclic) bond motifs is 1. The number of esters is 1. The van der Waals surface area contributed by atoms with Crippen molar-refractivity contribution in [3.63, 3.8) is 0 Å². The molecule has 0 aliphatic carbocycles. The maximum Gasteiger partial charge on any atom is 0.306 e. The predicted octanol–water partition coefficient (Wildman–Crippen LogP) is 6.11. The van der Waals surface area contributed by atoms with E-state index in [-0.39, 0.29) is 36.8 Å². The van der Waals surface area contributed by atoms with Gasteiger partial charge in [0.05, 0.1) is 23.9 Å². The van der Waals surface area contributed by atoms with Gasteiger partial charge in [-0.2, -0.15) is 5.26 Å². The molecule has 48 heavy (non-hydrogen) atoms. The van der Waals surface area contributed by atoms with E-state index in [0.29, 0.717) is 41.2 Å². The quantitative estimate of drug-likeness (QED) is 0.241. The summed E-state index contributed by atoms with van der Waals surface area (Å²) < 4.78 is 41.0. The van der Waals surface area contributed by atoms with Crippen molar-refractivity contribution in [3.8, 4) is 11.8 Å². The predicted molar refractivity (Wildman–Crippen MR) is 177 cm³/mol. The van der Waals surface area contributed by atoms with Crippen molar-refractivity contribution >= 4 is 35.2 Å². The lowest BCUT2D eigenvalue weighted by atomic mass is 10.1. The number of amides is 2. The van der Waals surface area contributed by atoms with E-state index in [1.807, 2.05) is 17.0 Å². The number of carbonyl (C=O) groups excluding carboxylic acids is 3. The van der Waals surface area contributed by atoms with Gasteiger partial charge in [-0.1, -0.05) is 12.1 Å². The maximum absolute atomic E-state index is 15.2. The first-order chi connectivity index (χ1) is 22.8. The fourth-order valence-electron chi connectivity index (χ4n) is 5.93. The van der Waals surface area contributed by atoms with Gasteiger partial charge in [0.25, 0.3) is 5.91 Å². The Hall–Kier alpha value is -4.63. The van der Waals surface area contributed by atoms with Crippen LogP contribution in [0.1, 0.15) is 73.5 Å². The summed E-state index contributed by atoms with van der Waals surface area (Å²) in [6.07, 6.45) is 1.52. The van der Waals surface area contributed by atoms with Crippen LogP contribution in [0.15, 0.2) is 59.5 Å². The summed E-state index contributed by atoms with van der Waals surface area (Å²) in [5, 5.41) is 9.23. The van der Waals surface area contributed by atoms with Crippen molar-refractivity contribution in [1.82, 2.24) is 4.90 Å². The Morgan fingerprint density at radius 2 is 1.83 bits per heavy atom. The Morgan fingerprint density at radius 1 is 1.08 bits per heavy atom. The van der Waals surface area contributed by atoms with Gasteiger partial charge in [-0.15, -0.1) is 11.8 Å². The van der Waals surface area contributed by atoms with Gasteiger partial charge in [0.15, 0.2) is 0 Å². The molecule has 1 atom stereocenters. The maximum atomic E-state index is 15.2. The number of rotatable bonds is 11. The lowest BCUT2D eigenvalue weighted by molar-refractivity contribution is -0.155. The molecule has 3 aromatic carbocycles. The van der Waals surface area contributed by atoms with Crippen LogP contribution in [0, 0.1) is 23.0 Å². The van der Waals surface area contributed by atoms with Gasteiger partial charge in [-0.25, -0.2) is 8.78 Å². The highest BCUT2D eigenvalue weighted by molar-refractivity contribution is 8.00. The molecular formula is C36H38F2N4O5S. The molecule has 1 saturated heterocycles. The number of nitriles is 1. The summed E-state index contributed by atoms with van der Waals surface area (Å²) in [6.45, 7) is 6.52. The Bertz CT molecular complexity index is 1750. The average molecular weight is 677 g/mol. The molecule has 0 saturated carbocycles. The molecule has 3 aromatic rings. The number of hydrogen-bond acceptors (Lipinski definition) is 8. The summed E-state index contributed by atoms with van der Waals surface area (Å²) in [5.41, 5.74) is 7.00. The van der Waals surface area contributed by atoms with Crippen LogP contribution in [0.3, 0.4) is 0 Å². The van der Waals surface area contributed by atoms with Crippen LogP contribution in [-0.4, -0.2) is 52.7 Å². The highest BCUT2D eigenvalue weighted by Gasteiger charge is 2.37. The Kier molecular flexibility index (Phi) is 10.6. The normalized spacial score (nSPS) is 15.5. The number of benzene rings is 3. The number of primary amides is 1. The van der Waals surface area contributed by atoms with Gasteiger partial charge in [0, 0.05) is 46.3 Å². The van der Waals surface area contributed by atoms with Gasteiger partial charge in [0.1, 0.15) is 35.6 Å². The molecule has 9 nitrogen and oxygen atoms in total. The molecule has 2 aliphatic heterocycles. The van der Waals surface area contributed by atoms with Crippen molar-refractivity contribution in [2.45, 2.75) is 81.4 Å². The zero-order valence-electron chi connectivity index (χ0n) is 27.1. The van der Waals surface area contributed by atoms with E-state index in [1.54, 1.807) is 68.9 Å². The van der Waals surface area contributed by atoms with Gasteiger partial charge in [0.2, 0.25) is 5.91 Å². The molecule has 0 bridgehead atoms. The van der Waals surface area contributed by atoms with Gasteiger partial charge >= 0.3 is 5.97 Å². The Morgan fingerprint density at radius 3 is 2.48 bits per heavy atom. The van der Waals surface area contributed by atoms with E-state index in [1.165, 1.54) is 17.0 Å². The van der Waals surface area contributed by atoms with Crippen LogP contribution in [0.4, 0.5) is 14.5 Å². The highest BCUT2D eigenvalue weighted by atomic mass is 32.2. The minimum atomic E-state index is -1.02. The van der Waals surface area contributed by atoms with Crippen LogP contribution < -0.4 is 15.4 Å². The molecule has 2 heterocycles. The number of ether oxygens (including phenoxy) is 2. The van der Waals surface area contributed by atoms with Crippen LogP contribution in [0.25, 0.3) is 0 Å². The molecule has 0 spiro atoms. The number of halogens is 2. The standard InChI is InChI=1S/C36H38F2N4O5S/c1-36(2,3)47-33(43)12-11-31(34(40)44)42-20-27-26(35(42)45)5-4-6-32(27)46-21-23-8-9-25(18-28(23)37)48-24-13-15-41(16-14-24)30-10-7-22(19-39)17-29(30)38/h4-10,17-18,24,31H,11-16,20-21H2,1-3H3,(H2,40,44). The molecule has 0 radical (unpaired) electrons. The monoisotopic (exact) mass is 676 g/mol. The molecule has 252 valence electrons. The number of nitrogens with two attached hydrogens (primary N) is 1. The fourth-order valence-corrected chi connectivity index (χ4v) is 7.08. The van der Waals surface area contributed by atoms with E-state index in [4.69, 9.17) is 20.5 Å². The van der Waals surface area contributed by atoms with Crippen molar-refractivity contribution in [2.75, 3.05) is 18.0 Å². The molecular weight excluding hydrogens is 638 g/mol. The van der Waals surface area contributed by atoms with Crippen molar-refractivity contribution in [2.24, 2.45) is 5.73 Å². The van der Waals surface area contributed by atoms with E-state index in [2.05, 4.69) is 0 Å². The summed E-state index contributed by atoms with van der Waals surface area (Å²) in [6, 6.07) is 15.4. The highest BCUT2D eigenvalue weighted by Crippen LogP contribution is 2.36. The minimum absolute atomic E-state index is 0.0184. The third kappa shape index (κ3) is 8.26. The molecule has 2 aliphatic rings. The second-order valence-electron chi connectivity index (χ2n) is 12.9. The third-order valence-corrected chi connectivity index (χ3v) is 9.60. The molecule has 5 rings (SSSR count). The molecule has 1 fully saturated rings. The second-order valence-corrected chi connectivity index (χ2v) is 14.3. The lowest BCUT2D eigenvalue weighted by Gasteiger charge is -2.33. The molecule has 2 amide bonds. The van der Waals surface area contributed by atoms with Gasteiger partial charge < -0.3 is 25.0 Å². The summed E-state index contributed by atoms with van der Waals surface area (Å²) in [4.78, 5) is 42.0. The first kappa shape index (κ1) is 34.7.